The average molecular weight is 273 g/mol. The molecular weight excluding hydrogens is 242 g/mol. The SMILES string of the molecule is CC(C)CC(C)OCC(O)CNC1(C)CCOC1C. The van der Waals surface area contributed by atoms with Gasteiger partial charge >= 0.3 is 0 Å². The Labute approximate surface area is 117 Å². The van der Waals surface area contributed by atoms with Crippen LogP contribution in [0.1, 0.15) is 47.5 Å². The summed E-state index contributed by atoms with van der Waals surface area (Å²) in [5.41, 5.74) is -0.0233. The molecule has 1 aliphatic heterocycles. The highest BCUT2D eigenvalue weighted by Crippen LogP contribution is 2.24. The van der Waals surface area contributed by atoms with Crippen molar-refractivity contribution in [2.45, 2.75) is 71.3 Å². The number of aliphatic hydroxyl groups excluding tert-OH is 1. The first-order valence-electron chi connectivity index (χ1n) is 7.50. The molecule has 1 rings (SSSR count). The lowest BCUT2D eigenvalue weighted by atomic mass is 9.94. The number of rotatable bonds is 8. The fourth-order valence-corrected chi connectivity index (χ4v) is 2.48. The summed E-state index contributed by atoms with van der Waals surface area (Å²) >= 11 is 0. The number of ether oxygens (including phenoxy) is 2. The minimum absolute atomic E-state index is 0.0233. The molecule has 19 heavy (non-hydrogen) atoms. The predicted octanol–water partition coefficient (Wildman–Crippen LogP) is 1.96. The van der Waals surface area contributed by atoms with E-state index in [4.69, 9.17) is 9.47 Å². The third-order valence-corrected chi connectivity index (χ3v) is 4.00. The molecule has 1 heterocycles. The van der Waals surface area contributed by atoms with E-state index in [1.54, 1.807) is 0 Å². The van der Waals surface area contributed by atoms with E-state index < -0.39 is 6.10 Å². The molecule has 0 bridgehead atoms. The van der Waals surface area contributed by atoms with E-state index in [0.29, 0.717) is 19.1 Å². The number of hydrogen-bond donors (Lipinski definition) is 2. The first-order chi connectivity index (χ1) is 8.83. The Morgan fingerprint density at radius 2 is 2.11 bits per heavy atom. The molecule has 114 valence electrons. The highest BCUT2D eigenvalue weighted by molar-refractivity contribution is 4.93. The lowest BCUT2D eigenvalue weighted by Gasteiger charge is -2.30. The van der Waals surface area contributed by atoms with Crippen molar-refractivity contribution < 1.29 is 14.6 Å². The van der Waals surface area contributed by atoms with Crippen LogP contribution in [0.3, 0.4) is 0 Å². The largest absolute Gasteiger partial charge is 0.389 e. The Hall–Kier alpha value is -0.160. The quantitative estimate of drug-likeness (QED) is 0.710. The van der Waals surface area contributed by atoms with Gasteiger partial charge in [-0.1, -0.05) is 13.8 Å². The lowest BCUT2D eigenvalue weighted by Crippen LogP contribution is -2.51. The molecule has 1 fully saturated rings. The zero-order chi connectivity index (χ0) is 14.5. The Kier molecular flexibility index (Phi) is 6.74. The minimum atomic E-state index is -0.459. The normalized spacial score (nSPS) is 30.8. The first-order valence-corrected chi connectivity index (χ1v) is 7.50. The van der Waals surface area contributed by atoms with Crippen LogP contribution in [0.2, 0.25) is 0 Å². The van der Waals surface area contributed by atoms with Gasteiger partial charge in [0.25, 0.3) is 0 Å². The van der Waals surface area contributed by atoms with E-state index in [9.17, 15) is 5.11 Å². The van der Waals surface area contributed by atoms with Crippen LogP contribution < -0.4 is 5.32 Å². The Balaban J connectivity index is 2.19. The molecule has 4 atom stereocenters. The van der Waals surface area contributed by atoms with Crippen LogP contribution in [0.15, 0.2) is 0 Å². The van der Waals surface area contributed by atoms with Gasteiger partial charge in [0.1, 0.15) is 0 Å². The zero-order valence-corrected chi connectivity index (χ0v) is 13.1. The van der Waals surface area contributed by atoms with Crippen LogP contribution in [0.25, 0.3) is 0 Å². The standard InChI is InChI=1S/C15H31NO3/c1-11(2)8-12(3)19-10-14(17)9-16-15(5)6-7-18-13(15)4/h11-14,16-17H,6-10H2,1-5H3. The summed E-state index contributed by atoms with van der Waals surface area (Å²) < 4.78 is 11.2. The Morgan fingerprint density at radius 1 is 1.42 bits per heavy atom. The minimum Gasteiger partial charge on any atom is -0.389 e. The Morgan fingerprint density at radius 3 is 2.63 bits per heavy atom. The molecule has 0 aromatic carbocycles. The molecule has 4 unspecified atom stereocenters. The van der Waals surface area contributed by atoms with Crippen LogP contribution in [-0.2, 0) is 9.47 Å². The summed E-state index contributed by atoms with van der Waals surface area (Å²) in [6.07, 6.45) is 1.97. The lowest BCUT2D eigenvalue weighted by molar-refractivity contribution is -0.0125. The maximum Gasteiger partial charge on any atom is 0.0898 e. The van der Waals surface area contributed by atoms with Gasteiger partial charge in [-0.05, 0) is 39.5 Å². The molecular formula is C15H31NO3. The van der Waals surface area contributed by atoms with Crippen LogP contribution in [0.5, 0.6) is 0 Å². The predicted molar refractivity (Wildman–Crippen MR) is 77.3 cm³/mol. The number of hydrogen-bond acceptors (Lipinski definition) is 4. The van der Waals surface area contributed by atoms with Gasteiger partial charge in [-0.3, -0.25) is 0 Å². The van der Waals surface area contributed by atoms with E-state index in [1.165, 1.54) is 0 Å². The maximum absolute atomic E-state index is 9.96. The molecule has 1 saturated heterocycles. The van der Waals surface area contributed by atoms with E-state index >= 15 is 0 Å². The van der Waals surface area contributed by atoms with Crippen molar-refractivity contribution in [2.24, 2.45) is 5.92 Å². The fourth-order valence-electron chi connectivity index (χ4n) is 2.48. The van der Waals surface area contributed by atoms with Crippen molar-refractivity contribution in [1.82, 2.24) is 5.32 Å². The maximum atomic E-state index is 9.96. The molecule has 1 aliphatic rings. The summed E-state index contributed by atoms with van der Waals surface area (Å²) in [5, 5.41) is 13.4. The molecule has 0 radical (unpaired) electrons. The topological polar surface area (TPSA) is 50.7 Å². The van der Waals surface area contributed by atoms with Gasteiger partial charge in [0.15, 0.2) is 0 Å². The van der Waals surface area contributed by atoms with Crippen molar-refractivity contribution in [3.05, 3.63) is 0 Å². The van der Waals surface area contributed by atoms with E-state index in [-0.39, 0.29) is 17.7 Å². The monoisotopic (exact) mass is 273 g/mol. The van der Waals surface area contributed by atoms with Crippen molar-refractivity contribution in [1.29, 1.82) is 0 Å². The van der Waals surface area contributed by atoms with Crippen LogP contribution in [0, 0.1) is 5.92 Å². The van der Waals surface area contributed by atoms with Crippen molar-refractivity contribution >= 4 is 0 Å². The van der Waals surface area contributed by atoms with Crippen LogP contribution >= 0.6 is 0 Å². The van der Waals surface area contributed by atoms with Gasteiger partial charge in [-0.2, -0.15) is 0 Å². The average Bonchev–Trinajstić information content (AvgIpc) is 2.64. The second-order valence-electron chi connectivity index (χ2n) is 6.49. The molecule has 0 saturated carbocycles. The molecule has 0 aromatic heterocycles. The Bertz CT molecular complexity index is 260. The smallest absolute Gasteiger partial charge is 0.0898 e. The van der Waals surface area contributed by atoms with Crippen LogP contribution in [-0.4, -0.2) is 48.7 Å². The van der Waals surface area contributed by atoms with Crippen molar-refractivity contribution in [3.63, 3.8) is 0 Å². The van der Waals surface area contributed by atoms with Gasteiger partial charge < -0.3 is 19.9 Å². The van der Waals surface area contributed by atoms with Gasteiger partial charge in [0.2, 0.25) is 0 Å². The van der Waals surface area contributed by atoms with Gasteiger partial charge in [0.05, 0.1) is 24.9 Å². The second kappa shape index (κ2) is 7.58. The van der Waals surface area contributed by atoms with Gasteiger partial charge in [-0.25, -0.2) is 0 Å². The number of β-amino-alcohol motifs (C(OH)–C–C–N with tert-alkyl or cyclic N) is 1. The number of nitrogens with one attached hydrogen (secondary N) is 1. The van der Waals surface area contributed by atoms with E-state index in [2.05, 4.69) is 39.9 Å². The zero-order valence-electron chi connectivity index (χ0n) is 13.1. The highest BCUT2D eigenvalue weighted by Gasteiger charge is 2.36. The fraction of sp³-hybridized carbons (Fsp3) is 1.00. The molecule has 4 nitrogen and oxygen atoms in total. The van der Waals surface area contributed by atoms with E-state index in [0.717, 1.165) is 19.4 Å². The molecule has 0 aliphatic carbocycles. The second-order valence-corrected chi connectivity index (χ2v) is 6.49. The summed E-state index contributed by atoms with van der Waals surface area (Å²) in [6.45, 7) is 12.4. The van der Waals surface area contributed by atoms with E-state index in [1.807, 2.05) is 0 Å². The molecule has 0 amide bonds. The summed E-state index contributed by atoms with van der Waals surface area (Å²) in [4.78, 5) is 0. The highest BCUT2D eigenvalue weighted by atomic mass is 16.5. The van der Waals surface area contributed by atoms with Crippen molar-refractivity contribution in [2.75, 3.05) is 19.8 Å². The molecule has 0 aromatic rings. The third-order valence-electron chi connectivity index (χ3n) is 4.00. The summed E-state index contributed by atoms with van der Waals surface area (Å²) in [5.74, 6) is 0.626. The summed E-state index contributed by atoms with van der Waals surface area (Å²) in [6, 6.07) is 0. The van der Waals surface area contributed by atoms with Crippen molar-refractivity contribution in [3.8, 4) is 0 Å². The first kappa shape index (κ1) is 16.9. The number of aliphatic hydroxyl groups is 1. The third kappa shape index (κ3) is 5.78. The summed E-state index contributed by atoms with van der Waals surface area (Å²) in [7, 11) is 0. The molecule has 2 N–H and O–H groups in total. The molecule has 4 heteroatoms. The van der Waals surface area contributed by atoms with Gasteiger partial charge in [0, 0.05) is 18.7 Å². The molecule has 0 spiro atoms. The van der Waals surface area contributed by atoms with Gasteiger partial charge in [-0.15, -0.1) is 0 Å². The van der Waals surface area contributed by atoms with Crippen LogP contribution in [0.4, 0.5) is 0 Å².